The minimum absolute atomic E-state index is 0.151. The molecule has 0 amide bonds. The Morgan fingerprint density at radius 3 is 2.55 bits per heavy atom. The third-order valence-corrected chi connectivity index (χ3v) is 2.87. The molecule has 0 saturated carbocycles. The average molecular weight is 270 g/mol. The van der Waals surface area contributed by atoms with Gasteiger partial charge in [0.25, 0.3) is 0 Å². The van der Waals surface area contributed by atoms with Gasteiger partial charge < -0.3 is 9.84 Å². The zero-order valence-corrected chi connectivity index (χ0v) is 11.2. The van der Waals surface area contributed by atoms with E-state index >= 15 is 0 Å². The van der Waals surface area contributed by atoms with Crippen molar-refractivity contribution in [2.24, 2.45) is 0 Å². The van der Waals surface area contributed by atoms with Crippen LogP contribution in [-0.2, 0) is 6.61 Å². The zero-order valence-electron chi connectivity index (χ0n) is 11.2. The van der Waals surface area contributed by atoms with Crippen molar-refractivity contribution in [1.82, 2.24) is 0 Å². The van der Waals surface area contributed by atoms with E-state index in [0.717, 1.165) is 22.4 Å². The molecule has 0 aliphatic carbocycles. The third kappa shape index (κ3) is 3.84. The Balaban J connectivity index is 2.00. The summed E-state index contributed by atoms with van der Waals surface area (Å²) in [6, 6.07) is 11.9. The lowest BCUT2D eigenvalue weighted by molar-refractivity contribution is 0.305. The molecule has 0 fully saturated rings. The van der Waals surface area contributed by atoms with Crippen molar-refractivity contribution in [2.75, 3.05) is 6.61 Å². The molecule has 0 spiro atoms. The van der Waals surface area contributed by atoms with Crippen LogP contribution in [0.2, 0.25) is 0 Å². The van der Waals surface area contributed by atoms with Crippen LogP contribution >= 0.6 is 0 Å². The molecule has 0 saturated heterocycles. The molecule has 0 heterocycles. The van der Waals surface area contributed by atoms with Gasteiger partial charge in [0.15, 0.2) is 0 Å². The summed E-state index contributed by atoms with van der Waals surface area (Å²) < 4.78 is 18.6. The molecule has 0 aliphatic rings. The minimum atomic E-state index is -0.238. The fourth-order valence-corrected chi connectivity index (χ4v) is 1.76. The molecule has 2 rings (SSSR count). The predicted octanol–water partition coefficient (Wildman–Crippen LogP) is 3.06. The van der Waals surface area contributed by atoms with Crippen molar-refractivity contribution in [3.8, 4) is 17.6 Å². The molecule has 2 aromatic rings. The van der Waals surface area contributed by atoms with Crippen molar-refractivity contribution in [3.05, 3.63) is 65.0 Å². The Hall–Kier alpha value is -2.31. The van der Waals surface area contributed by atoms with Crippen molar-refractivity contribution in [2.45, 2.75) is 13.5 Å². The van der Waals surface area contributed by atoms with Crippen LogP contribution < -0.4 is 4.74 Å². The summed E-state index contributed by atoms with van der Waals surface area (Å²) in [6.07, 6.45) is 0. The first-order valence-electron chi connectivity index (χ1n) is 6.26. The molecule has 2 nitrogen and oxygen atoms in total. The normalized spacial score (nSPS) is 9.75. The first kappa shape index (κ1) is 14.1. The Morgan fingerprint density at radius 1 is 1.15 bits per heavy atom. The Bertz CT molecular complexity index is 636. The van der Waals surface area contributed by atoms with Crippen LogP contribution in [0.4, 0.5) is 4.39 Å². The van der Waals surface area contributed by atoms with Gasteiger partial charge in [-0.2, -0.15) is 0 Å². The number of aliphatic hydroxyl groups excluding tert-OH is 1. The Kier molecular flexibility index (Phi) is 4.75. The highest BCUT2D eigenvalue weighted by atomic mass is 19.1. The summed E-state index contributed by atoms with van der Waals surface area (Å²) in [6.45, 7) is 2.10. The highest BCUT2D eigenvalue weighted by Crippen LogP contribution is 2.16. The molecule has 0 bridgehead atoms. The van der Waals surface area contributed by atoms with Gasteiger partial charge in [-0.3, -0.25) is 0 Å². The van der Waals surface area contributed by atoms with Crippen molar-refractivity contribution >= 4 is 0 Å². The molecule has 20 heavy (non-hydrogen) atoms. The second kappa shape index (κ2) is 6.74. The number of rotatable bonds is 3. The van der Waals surface area contributed by atoms with Gasteiger partial charge in [-0.15, -0.1) is 0 Å². The number of halogens is 1. The standard InChI is InChI=1S/C17H15FO2/c1-13-11-16(18)7-6-15(13)12-20-17-8-4-14(5-9-17)3-2-10-19/h4-9,11,19H,10,12H2,1H3. The highest BCUT2D eigenvalue weighted by Gasteiger charge is 2.01. The van der Waals surface area contributed by atoms with Gasteiger partial charge >= 0.3 is 0 Å². The SMILES string of the molecule is Cc1cc(F)ccc1COc1ccc(C#CCO)cc1. The van der Waals surface area contributed by atoms with Crippen molar-refractivity contribution in [3.63, 3.8) is 0 Å². The van der Waals surface area contributed by atoms with Gasteiger partial charge in [0.05, 0.1) is 0 Å². The molecule has 3 heteroatoms. The monoisotopic (exact) mass is 270 g/mol. The predicted molar refractivity (Wildman–Crippen MR) is 75.9 cm³/mol. The molecule has 0 unspecified atom stereocenters. The first-order chi connectivity index (χ1) is 9.69. The fraction of sp³-hybridized carbons (Fsp3) is 0.176. The van der Waals surface area contributed by atoms with E-state index in [1.165, 1.54) is 12.1 Å². The number of aryl methyl sites for hydroxylation is 1. The van der Waals surface area contributed by atoms with Crippen LogP contribution in [0.15, 0.2) is 42.5 Å². The molecule has 1 N–H and O–H groups in total. The van der Waals surface area contributed by atoms with Gasteiger partial charge in [-0.05, 0) is 54.4 Å². The second-order valence-electron chi connectivity index (χ2n) is 4.34. The summed E-state index contributed by atoms with van der Waals surface area (Å²) >= 11 is 0. The molecule has 2 aromatic carbocycles. The van der Waals surface area contributed by atoms with E-state index in [1.807, 2.05) is 31.2 Å². The van der Waals surface area contributed by atoms with Gasteiger partial charge in [0.1, 0.15) is 24.8 Å². The largest absolute Gasteiger partial charge is 0.489 e. The van der Waals surface area contributed by atoms with Crippen LogP contribution in [-0.4, -0.2) is 11.7 Å². The molecular formula is C17H15FO2. The fourth-order valence-electron chi connectivity index (χ4n) is 1.76. The molecule has 0 aliphatic heterocycles. The smallest absolute Gasteiger partial charge is 0.123 e. The molecule has 0 atom stereocenters. The maximum Gasteiger partial charge on any atom is 0.123 e. The van der Waals surface area contributed by atoms with E-state index in [1.54, 1.807) is 6.07 Å². The summed E-state index contributed by atoms with van der Waals surface area (Å²) in [5.74, 6) is 5.88. The van der Waals surface area contributed by atoms with E-state index in [0.29, 0.717) is 6.61 Å². The number of hydrogen-bond acceptors (Lipinski definition) is 2. The quantitative estimate of drug-likeness (QED) is 0.869. The van der Waals surface area contributed by atoms with Crippen LogP contribution in [0.5, 0.6) is 5.75 Å². The second-order valence-corrected chi connectivity index (χ2v) is 4.34. The number of benzene rings is 2. The topological polar surface area (TPSA) is 29.5 Å². The maximum absolute atomic E-state index is 13.0. The summed E-state index contributed by atoms with van der Waals surface area (Å²) in [4.78, 5) is 0. The summed E-state index contributed by atoms with van der Waals surface area (Å²) in [5.41, 5.74) is 2.65. The molecule has 0 radical (unpaired) electrons. The third-order valence-electron chi connectivity index (χ3n) is 2.87. The lowest BCUT2D eigenvalue weighted by Gasteiger charge is -2.08. The van der Waals surface area contributed by atoms with Crippen LogP contribution in [0.25, 0.3) is 0 Å². The van der Waals surface area contributed by atoms with Crippen molar-refractivity contribution < 1.29 is 14.2 Å². The van der Waals surface area contributed by atoms with Gasteiger partial charge in [0, 0.05) is 5.56 Å². The van der Waals surface area contributed by atoms with E-state index in [2.05, 4.69) is 11.8 Å². The minimum Gasteiger partial charge on any atom is -0.489 e. The summed E-state index contributed by atoms with van der Waals surface area (Å²) in [5, 5.41) is 8.61. The zero-order chi connectivity index (χ0) is 14.4. The average Bonchev–Trinajstić information content (AvgIpc) is 2.45. The number of hydrogen-bond donors (Lipinski definition) is 1. The van der Waals surface area contributed by atoms with E-state index < -0.39 is 0 Å². The van der Waals surface area contributed by atoms with Crippen LogP contribution in [0, 0.1) is 24.6 Å². The van der Waals surface area contributed by atoms with E-state index in [4.69, 9.17) is 9.84 Å². The lowest BCUT2D eigenvalue weighted by atomic mass is 10.1. The van der Waals surface area contributed by atoms with Gasteiger partial charge in [-0.25, -0.2) is 4.39 Å². The Labute approximate surface area is 117 Å². The summed E-state index contributed by atoms with van der Waals surface area (Å²) in [7, 11) is 0. The first-order valence-corrected chi connectivity index (χ1v) is 6.26. The molecule has 102 valence electrons. The van der Waals surface area contributed by atoms with E-state index in [9.17, 15) is 4.39 Å². The molecular weight excluding hydrogens is 255 g/mol. The van der Waals surface area contributed by atoms with Gasteiger partial charge in [-0.1, -0.05) is 17.9 Å². The molecule has 0 aromatic heterocycles. The lowest BCUT2D eigenvalue weighted by Crippen LogP contribution is -1.98. The van der Waals surface area contributed by atoms with Crippen molar-refractivity contribution in [1.29, 1.82) is 0 Å². The van der Waals surface area contributed by atoms with Crippen LogP contribution in [0.3, 0.4) is 0 Å². The maximum atomic E-state index is 13.0. The number of ether oxygens (including phenoxy) is 1. The van der Waals surface area contributed by atoms with Gasteiger partial charge in [0.2, 0.25) is 0 Å². The highest BCUT2D eigenvalue weighted by molar-refractivity contribution is 5.38. The van der Waals surface area contributed by atoms with E-state index in [-0.39, 0.29) is 12.4 Å². The number of aliphatic hydroxyl groups is 1. The Morgan fingerprint density at radius 2 is 1.90 bits per heavy atom. The van der Waals surface area contributed by atoms with Crippen LogP contribution in [0.1, 0.15) is 16.7 Å².